The summed E-state index contributed by atoms with van der Waals surface area (Å²) in [5.41, 5.74) is 0. The van der Waals surface area contributed by atoms with E-state index in [1.165, 1.54) is 0 Å². The largest absolute Gasteiger partial charge is 0.465 e. The van der Waals surface area contributed by atoms with Crippen molar-refractivity contribution in [2.24, 2.45) is 5.92 Å². The van der Waals surface area contributed by atoms with Gasteiger partial charge in [0.2, 0.25) is 5.91 Å². The molecule has 132 valence electrons. The monoisotopic (exact) mass is 326 g/mol. The summed E-state index contributed by atoms with van der Waals surface area (Å²) in [6, 6.07) is -0.208. The highest BCUT2D eigenvalue weighted by molar-refractivity contribution is 5.80. The molecule has 0 radical (unpaired) electrons. The van der Waals surface area contributed by atoms with E-state index in [9.17, 15) is 9.59 Å². The van der Waals surface area contributed by atoms with Gasteiger partial charge in [0, 0.05) is 19.6 Å². The normalized spacial score (nSPS) is 24.3. The minimum absolute atomic E-state index is 0.00404. The van der Waals surface area contributed by atoms with E-state index in [1.807, 2.05) is 11.8 Å². The third-order valence-corrected chi connectivity index (χ3v) is 4.69. The van der Waals surface area contributed by atoms with Crippen molar-refractivity contribution in [3.05, 3.63) is 0 Å². The highest BCUT2D eigenvalue weighted by atomic mass is 16.5. The number of likely N-dealkylation sites (tertiary alicyclic amines) is 1. The first-order valence-corrected chi connectivity index (χ1v) is 8.94. The summed E-state index contributed by atoms with van der Waals surface area (Å²) >= 11 is 0. The Balaban J connectivity index is 1.97. The number of amides is 1. The van der Waals surface area contributed by atoms with Crippen molar-refractivity contribution in [3.63, 3.8) is 0 Å². The zero-order chi connectivity index (χ0) is 16.7. The summed E-state index contributed by atoms with van der Waals surface area (Å²) in [4.78, 5) is 29.0. The van der Waals surface area contributed by atoms with E-state index < -0.39 is 0 Å². The van der Waals surface area contributed by atoms with Gasteiger partial charge in [-0.15, -0.1) is 0 Å². The van der Waals surface area contributed by atoms with Gasteiger partial charge >= 0.3 is 5.97 Å². The predicted molar refractivity (Wildman–Crippen MR) is 87.0 cm³/mol. The number of carbonyl (C=O) groups is 2. The fourth-order valence-electron chi connectivity index (χ4n) is 3.49. The molecule has 2 aliphatic rings. The molecule has 6 heteroatoms. The van der Waals surface area contributed by atoms with Crippen LogP contribution in [0.25, 0.3) is 0 Å². The molecular weight excluding hydrogens is 296 g/mol. The van der Waals surface area contributed by atoms with E-state index >= 15 is 0 Å². The van der Waals surface area contributed by atoms with E-state index in [2.05, 4.69) is 11.8 Å². The van der Waals surface area contributed by atoms with Gasteiger partial charge in [0.05, 0.1) is 25.7 Å². The first-order valence-electron chi connectivity index (χ1n) is 8.94. The number of hydrogen-bond donors (Lipinski definition) is 0. The SMILES string of the molecule is CCC[C@H](C(=O)OCC)N1CCC[C@H](C(=O)N2CCOCC2)C1. The molecule has 23 heavy (non-hydrogen) atoms. The number of carbonyl (C=O) groups excluding carboxylic acids is 2. The highest BCUT2D eigenvalue weighted by Crippen LogP contribution is 2.23. The number of ether oxygens (including phenoxy) is 2. The molecule has 0 bridgehead atoms. The quantitative estimate of drug-likeness (QED) is 0.689. The molecule has 0 aromatic heterocycles. The summed E-state index contributed by atoms with van der Waals surface area (Å²) in [6.45, 7) is 8.48. The first kappa shape index (κ1) is 18.2. The van der Waals surface area contributed by atoms with E-state index in [-0.39, 0.29) is 23.8 Å². The maximum Gasteiger partial charge on any atom is 0.323 e. The smallest absolute Gasteiger partial charge is 0.323 e. The standard InChI is InChI=1S/C17H30N2O4/c1-3-6-15(17(21)23-4-2)19-8-5-7-14(13-19)16(20)18-9-11-22-12-10-18/h14-15H,3-13H2,1-2H3/t14-,15+/m0/s1. The Morgan fingerprint density at radius 1 is 1.22 bits per heavy atom. The lowest BCUT2D eigenvalue weighted by molar-refractivity contribution is -0.153. The van der Waals surface area contributed by atoms with Crippen molar-refractivity contribution < 1.29 is 19.1 Å². The van der Waals surface area contributed by atoms with Gasteiger partial charge in [-0.2, -0.15) is 0 Å². The number of hydrogen-bond acceptors (Lipinski definition) is 5. The van der Waals surface area contributed by atoms with Gasteiger partial charge in [-0.05, 0) is 32.7 Å². The Kier molecular flexibility index (Phi) is 7.30. The number of morpholine rings is 1. The molecule has 2 fully saturated rings. The molecule has 0 saturated carbocycles. The van der Waals surface area contributed by atoms with Gasteiger partial charge in [-0.1, -0.05) is 13.3 Å². The molecule has 2 heterocycles. The summed E-state index contributed by atoms with van der Waals surface area (Å²) < 4.78 is 10.6. The van der Waals surface area contributed by atoms with Gasteiger partial charge in [-0.25, -0.2) is 0 Å². The number of esters is 1. The Labute approximate surface area is 139 Å². The van der Waals surface area contributed by atoms with Crippen molar-refractivity contribution in [2.75, 3.05) is 46.0 Å². The molecule has 2 rings (SSSR count). The van der Waals surface area contributed by atoms with E-state index in [0.29, 0.717) is 39.5 Å². The van der Waals surface area contributed by atoms with Crippen molar-refractivity contribution in [2.45, 2.75) is 45.6 Å². The third-order valence-electron chi connectivity index (χ3n) is 4.69. The lowest BCUT2D eigenvalue weighted by Gasteiger charge is -2.38. The minimum atomic E-state index is -0.208. The predicted octanol–water partition coefficient (Wildman–Crippen LogP) is 1.29. The second-order valence-corrected chi connectivity index (χ2v) is 6.33. The molecular formula is C17H30N2O4. The third kappa shape index (κ3) is 4.91. The van der Waals surface area contributed by atoms with Gasteiger partial charge in [0.15, 0.2) is 0 Å². The molecule has 2 aliphatic heterocycles. The molecule has 0 unspecified atom stereocenters. The summed E-state index contributed by atoms with van der Waals surface area (Å²) in [7, 11) is 0. The van der Waals surface area contributed by atoms with Crippen molar-refractivity contribution >= 4 is 11.9 Å². The summed E-state index contributed by atoms with van der Waals surface area (Å²) in [5, 5.41) is 0. The number of nitrogens with zero attached hydrogens (tertiary/aromatic N) is 2. The second-order valence-electron chi connectivity index (χ2n) is 6.33. The van der Waals surface area contributed by atoms with Crippen LogP contribution in [0.15, 0.2) is 0 Å². The summed E-state index contributed by atoms with van der Waals surface area (Å²) in [5.74, 6) is 0.0709. The fourth-order valence-corrected chi connectivity index (χ4v) is 3.49. The van der Waals surface area contributed by atoms with Crippen molar-refractivity contribution in [3.8, 4) is 0 Å². The first-order chi connectivity index (χ1) is 11.2. The van der Waals surface area contributed by atoms with Crippen LogP contribution in [0.5, 0.6) is 0 Å². The van der Waals surface area contributed by atoms with Crippen LogP contribution in [0.1, 0.15) is 39.5 Å². The van der Waals surface area contributed by atoms with E-state index in [0.717, 1.165) is 32.2 Å². The molecule has 0 aromatic rings. The summed E-state index contributed by atoms with van der Waals surface area (Å²) in [6.07, 6.45) is 3.59. The fraction of sp³-hybridized carbons (Fsp3) is 0.882. The highest BCUT2D eigenvalue weighted by Gasteiger charge is 2.35. The zero-order valence-corrected chi connectivity index (χ0v) is 14.5. The Bertz CT molecular complexity index is 396. The van der Waals surface area contributed by atoms with Gasteiger partial charge in [0.25, 0.3) is 0 Å². The van der Waals surface area contributed by atoms with Crippen LogP contribution in [-0.2, 0) is 19.1 Å². The minimum Gasteiger partial charge on any atom is -0.465 e. The average molecular weight is 326 g/mol. The van der Waals surface area contributed by atoms with Gasteiger partial charge < -0.3 is 14.4 Å². The topological polar surface area (TPSA) is 59.1 Å². The zero-order valence-electron chi connectivity index (χ0n) is 14.5. The Morgan fingerprint density at radius 3 is 2.61 bits per heavy atom. The van der Waals surface area contributed by atoms with Gasteiger partial charge in [0.1, 0.15) is 6.04 Å². The molecule has 6 nitrogen and oxygen atoms in total. The lowest BCUT2D eigenvalue weighted by atomic mass is 9.94. The Morgan fingerprint density at radius 2 is 1.96 bits per heavy atom. The van der Waals surface area contributed by atoms with Crippen LogP contribution < -0.4 is 0 Å². The van der Waals surface area contributed by atoms with Crippen LogP contribution in [-0.4, -0.2) is 73.7 Å². The van der Waals surface area contributed by atoms with Crippen LogP contribution in [0.4, 0.5) is 0 Å². The molecule has 0 aliphatic carbocycles. The molecule has 0 N–H and O–H groups in total. The van der Waals surface area contributed by atoms with E-state index in [1.54, 1.807) is 0 Å². The molecule has 1 amide bonds. The maximum absolute atomic E-state index is 12.7. The number of rotatable bonds is 6. The van der Waals surface area contributed by atoms with Crippen LogP contribution >= 0.6 is 0 Å². The van der Waals surface area contributed by atoms with E-state index in [4.69, 9.17) is 9.47 Å². The van der Waals surface area contributed by atoms with Gasteiger partial charge in [-0.3, -0.25) is 14.5 Å². The van der Waals surface area contributed by atoms with Crippen LogP contribution in [0.3, 0.4) is 0 Å². The van der Waals surface area contributed by atoms with Crippen LogP contribution in [0.2, 0.25) is 0 Å². The molecule has 0 spiro atoms. The lowest BCUT2D eigenvalue weighted by Crippen LogP contribution is -2.52. The average Bonchev–Trinajstić information content (AvgIpc) is 2.60. The molecule has 2 atom stereocenters. The van der Waals surface area contributed by atoms with Crippen molar-refractivity contribution in [1.82, 2.24) is 9.80 Å². The second kappa shape index (κ2) is 9.23. The molecule has 2 saturated heterocycles. The van der Waals surface area contributed by atoms with Crippen molar-refractivity contribution in [1.29, 1.82) is 0 Å². The molecule has 0 aromatic carbocycles. The van der Waals surface area contributed by atoms with Crippen LogP contribution in [0, 0.1) is 5.92 Å². The number of piperidine rings is 1. The Hall–Kier alpha value is -1.14. The maximum atomic E-state index is 12.7.